The smallest absolute Gasteiger partial charge is 0.326 e. The van der Waals surface area contributed by atoms with Crippen molar-refractivity contribution < 1.29 is 23.6 Å². The zero-order valence-electron chi connectivity index (χ0n) is 11.1. The van der Waals surface area contributed by atoms with Crippen LogP contribution < -0.4 is 0 Å². The summed E-state index contributed by atoms with van der Waals surface area (Å²) in [5.74, 6) is -0.807. The minimum absolute atomic E-state index is 0.0404. The summed E-state index contributed by atoms with van der Waals surface area (Å²) in [5.41, 5.74) is 0.0404. The molecule has 1 atom stereocenters. The van der Waals surface area contributed by atoms with Crippen LogP contribution in [0.4, 0.5) is 0 Å². The van der Waals surface area contributed by atoms with Gasteiger partial charge in [0.15, 0.2) is 11.5 Å². The molecule has 0 fully saturated rings. The van der Waals surface area contributed by atoms with Gasteiger partial charge < -0.3 is 18.9 Å². The molecule has 1 N–H and O–H groups in total. The third-order valence-electron chi connectivity index (χ3n) is 2.95. The Morgan fingerprint density at radius 1 is 1.45 bits per heavy atom. The fraction of sp³-hybridized carbons (Fsp3) is 0.308. The van der Waals surface area contributed by atoms with Gasteiger partial charge in [0.1, 0.15) is 6.04 Å². The second-order valence-corrected chi connectivity index (χ2v) is 4.23. The average molecular weight is 278 g/mol. The van der Waals surface area contributed by atoms with E-state index in [0.29, 0.717) is 17.9 Å². The first-order chi connectivity index (χ1) is 9.54. The molecule has 2 aromatic rings. The van der Waals surface area contributed by atoms with Crippen LogP contribution in [0, 0.1) is 0 Å². The number of amides is 1. The number of rotatable bonds is 5. The Kier molecular flexibility index (Phi) is 3.88. The lowest BCUT2D eigenvalue weighted by atomic mass is 10.2. The first kappa shape index (κ1) is 13.9. The fourth-order valence-corrected chi connectivity index (χ4v) is 1.85. The summed E-state index contributed by atoms with van der Waals surface area (Å²) in [4.78, 5) is 24.3. The van der Waals surface area contributed by atoms with Gasteiger partial charge in [0.05, 0.1) is 6.26 Å². The maximum atomic E-state index is 12.1. The standard InChI is InChI=1S/C13H14N2O5/c1-3-9(13(17)18)15(2)12(16)8-7-11(20-14-8)10-5-4-6-19-10/h4-7,9H,3H2,1-2H3,(H,17,18). The Morgan fingerprint density at radius 3 is 2.75 bits per heavy atom. The van der Waals surface area contributed by atoms with Gasteiger partial charge in [-0.3, -0.25) is 4.79 Å². The summed E-state index contributed by atoms with van der Waals surface area (Å²) in [7, 11) is 1.42. The first-order valence-corrected chi connectivity index (χ1v) is 6.05. The zero-order chi connectivity index (χ0) is 14.7. The minimum Gasteiger partial charge on any atom is -0.480 e. The maximum Gasteiger partial charge on any atom is 0.326 e. The lowest BCUT2D eigenvalue weighted by Crippen LogP contribution is -2.42. The quantitative estimate of drug-likeness (QED) is 0.896. The monoisotopic (exact) mass is 278 g/mol. The molecule has 0 aliphatic carbocycles. The molecule has 2 aromatic heterocycles. The lowest BCUT2D eigenvalue weighted by molar-refractivity contribution is -0.142. The average Bonchev–Trinajstić information content (AvgIpc) is 3.08. The number of carbonyl (C=O) groups excluding carboxylic acids is 1. The molecule has 1 amide bonds. The Balaban J connectivity index is 2.19. The largest absolute Gasteiger partial charge is 0.480 e. The SMILES string of the molecule is CCC(C(=O)O)N(C)C(=O)c1cc(-c2ccco2)on1. The van der Waals surface area contributed by atoms with Gasteiger partial charge in [0.25, 0.3) is 5.91 Å². The molecule has 2 rings (SSSR count). The molecule has 0 saturated heterocycles. The molecule has 0 spiro atoms. The van der Waals surface area contributed by atoms with Gasteiger partial charge in [-0.05, 0) is 18.6 Å². The van der Waals surface area contributed by atoms with Crippen LogP contribution in [-0.2, 0) is 4.79 Å². The highest BCUT2D eigenvalue weighted by atomic mass is 16.5. The van der Waals surface area contributed by atoms with Crippen LogP contribution in [0.15, 0.2) is 33.4 Å². The van der Waals surface area contributed by atoms with Gasteiger partial charge >= 0.3 is 5.97 Å². The number of aliphatic carboxylic acids is 1. The van der Waals surface area contributed by atoms with E-state index >= 15 is 0 Å². The zero-order valence-corrected chi connectivity index (χ0v) is 11.1. The van der Waals surface area contributed by atoms with Crippen molar-refractivity contribution >= 4 is 11.9 Å². The number of aromatic nitrogens is 1. The number of carboxylic acids is 1. The van der Waals surface area contributed by atoms with Crippen molar-refractivity contribution in [3.05, 3.63) is 30.2 Å². The summed E-state index contributed by atoms with van der Waals surface area (Å²) < 4.78 is 10.1. The third-order valence-corrected chi connectivity index (χ3v) is 2.95. The Labute approximate surface area is 114 Å². The van der Waals surface area contributed by atoms with Crippen LogP contribution in [0.2, 0.25) is 0 Å². The highest BCUT2D eigenvalue weighted by Gasteiger charge is 2.27. The van der Waals surface area contributed by atoms with Gasteiger partial charge in [-0.2, -0.15) is 0 Å². The normalized spacial score (nSPS) is 12.1. The van der Waals surface area contributed by atoms with Crippen molar-refractivity contribution in [3.8, 4) is 11.5 Å². The fourth-order valence-electron chi connectivity index (χ4n) is 1.85. The lowest BCUT2D eigenvalue weighted by Gasteiger charge is -2.22. The summed E-state index contributed by atoms with van der Waals surface area (Å²) in [5, 5.41) is 12.7. The number of furan rings is 1. The second kappa shape index (κ2) is 5.60. The second-order valence-electron chi connectivity index (χ2n) is 4.23. The molecule has 0 saturated carbocycles. The molecule has 0 radical (unpaired) electrons. The maximum absolute atomic E-state index is 12.1. The third kappa shape index (κ3) is 2.56. The number of carboxylic acid groups (broad SMARTS) is 1. The molecule has 106 valence electrons. The van der Waals surface area contributed by atoms with Crippen LogP contribution in [0.5, 0.6) is 0 Å². The highest BCUT2D eigenvalue weighted by molar-refractivity contribution is 5.95. The highest BCUT2D eigenvalue weighted by Crippen LogP contribution is 2.21. The number of nitrogens with zero attached hydrogens (tertiary/aromatic N) is 2. The number of hydrogen-bond acceptors (Lipinski definition) is 5. The van der Waals surface area contributed by atoms with E-state index in [0.717, 1.165) is 4.90 Å². The predicted octanol–water partition coefficient (Wildman–Crippen LogP) is 1.87. The summed E-state index contributed by atoms with van der Waals surface area (Å²) in [6.45, 7) is 1.69. The van der Waals surface area contributed by atoms with E-state index in [1.54, 1.807) is 19.1 Å². The number of carbonyl (C=O) groups is 2. The number of hydrogen-bond donors (Lipinski definition) is 1. The Bertz CT molecular complexity index is 602. The van der Waals surface area contributed by atoms with Crippen LogP contribution in [0.3, 0.4) is 0 Å². The van der Waals surface area contributed by atoms with Gasteiger partial charge in [0.2, 0.25) is 5.76 Å². The molecule has 1 unspecified atom stereocenters. The van der Waals surface area contributed by atoms with Crippen molar-refractivity contribution in [2.45, 2.75) is 19.4 Å². The van der Waals surface area contributed by atoms with Crippen molar-refractivity contribution in [2.75, 3.05) is 7.05 Å². The van der Waals surface area contributed by atoms with Crippen molar-refractivity contribution in [1.29, 1.82) is 0 Å². The molecule has 0 aliphatic rings. The first-order valence-electron chi connectivity index (χ1n) is 6.05. The van der Waals surface area contributed by atoms with Crippen LogP contribution >= 0.6 is 0 Å². The van der Waals surface area contributed by atoms with Crippen molar-refractivity contribution in [3.63, 3.8) is 0 Å². The molecule has 2 heterocycles. The van der Waals surface area contributed by atoms with Crippen molar-refractivity contribution in [2.24, 2.45) is 0 Å². The summed E-state index contributed by atoms with van der Waals surface area (Å²) in [6, 6.07) is 3.88. The Hall–Kier alpha value is -2.57. The van der Waals surface area contributed by atoms with E-state index in [1.165, 1.54) is 19.4 Å². The molecule has 0 aliphatic heterocycles. The van der Waals surface area contributed by atoms with Crippen LogP contribution in [0.1, 0.15) is 23.8 Å². The summed E-state index contributed by atoms with van der Waals surface area (Å²) >= 11 is 0. The van der Waals surface area contributed by atoms with E-state index in [1.807, 2.05) is 0 Å². The summed E-state index contributed by atoms with van der Waals surface area (Å²) in [6.07, 6.45) is 1.78. The minimum atomic E-state index is -1.06. The van der Waals surface area contributed by atoms with Gasteiger partial charge in [0, 0.05) is 13.1 Å². The molecule has 20 heavy (non-hydrogen) atoms. The van der Waals surface area contributed by atoms with Gasteiger partial charge in [-0.25, -0.2) is 4.79 Å². The molecular formula is C13H14N2O5. The van der Waals surface area contributed by atoms with E-state index in [-0.39, 0.29) is 5.69 Å². The molecule has 0 aromatic carbocycles. The molecule has 7 nitrogen and oxygen atoms in total. The molecule has 0 bridgehead atoms. The van der Waals surface area contributed by atoms with Gasteiger partial charge in [-0.15, -0.1) is 0 Å². The predicted molar refractivity (Wildman–Crippen MR) is 68.0 cm³/mol. The van der Waals surface area contributed by atoms with Crippen LogP contribution in [0.25, 0.3) is 11.5 Å². The number of likely N-dealkylation sites (N-methyl/N-ethyl adjacent to an activating group) is 1. The topological polar surface area (TPSA) is 96.8 Å². The van der Waals surface area contributed by atoms with E-state index in [9.17, 15) is 9.59 Å². The molecule has 7 heteroatoms. The van der Waals surface area contributed by atoms with Crippen LogP contribution in [-0.4, -0.2) is 40.1 Å². The Morgan fingerprint density at radius 2 is 2.20 bits per heavy atom. The van der Waals surface area contributed by atoms with E-state index in [2.05, 4.69) is 5.16 Å². The molecular weight excluding hydrogens is 264 g/mol. The van der Waals surface area contributed by atoms with Crippen molar-refractivity contribution in [1.82, 2.24) is 10.1 Å². The van der Waals surface area contributed by atoms with E-state index in [4.69, 9.17) is 14.0 Å². The van der Waals surface area contributed by atoms with E-state index < -0.39 is 17.9 Å². The van der Waals surface area contributed by atoms with Gasteiger partial charge in [-0.1, -0.05) is 12.1 Å².